The van der Waals surface area contributed by atoms with E-state index in [1.54, 1.807) is 0 Å². The van der Waals surface area contributed by atoms with Gasteiger partial charge in [-0.25, -0.2) is 9.38 Å². The van der Waals surface area contributed by atoms with Crippen molar-refractivity contribution in [2.45, 2.75) is 58.7 Å². The number of nitrogens with zero attached hydrogens (tertiary/aromatic N) is 2. The van der Waals surface area contributed by atoms with Crippen LogP contribution >= 0.6 is 0 Å². The van der Waals surface area contributed by atoms with Crippen LogP contribution in [-0.2, 0) is 6.54 Å². The number of hydrogen-bond donors (Lipinski definition) is 2. The summed E-state index contributed by atoms with van der Waals surface area (Å²) in [5, 5.41) is 6.52. The average molecular weight is 400 g/mol. The maximum atomic E-state index is 14.1. The highest BCUT2D eigenvalue weighted by Gasteiger charge is 2.20. The first-order valence-corrected chi connectivity index (χ1v) is 10.0. The number of unbranched alkanes of at least 4 members (excludes halogenated alkanes) is 1. The number of benzene rings is 1. The summed E-state index contributed by atoms with van der Waals surface area (Å²) >= 11 is 0. The minimum atomic E-state index is -3.01. The largest absolute Gasteiger partial charge is 0.434 e. The Kier molecular flexibility index (Phi) is 9.40. The van der Waals surface area contributed by atoms with Crippen LogP contribution in [-0.4, -0.2) is 49.7 Å². The van der Waals surface area contributed by atoms with Crippen molar-refractivity contribution in [2.24, 2.45) is 4.99 Å². The van der Waals surface area contributed by atoms with Gasteiger partial charge in [0.05, 0.1) is 12.1 Å². The third-order valence-corrected chi connectivity index (χ3v) is 4.79. The molecule has 0 bridgehead atoms. The highest BCUT2D eigenvalue weighted by atomic mass is 19.3. The van der Waals surface area contributed by atoms with Crippen LogP contribution in [0, 0.1) is 5.82 Å². The van der Waals surface area contributed by atoms with E-state index in [1.165, 1.54) is 31.0 Å². The van der Waals surface area contributed by atoms with Gasteiger partial charge in [-0.1, -0.05) is 19.4 Å². The van der Waals surface area contributed by atoms with Crippen molar-refractivity contribution in [2.75, 3.05) is 26.2 Å². The van der Waals surface area contributed by atoms with Gasteiger partial charge in [0.15, 0.2) is 5.96 Å². The SMILES string of the molecule is CCCCN1CCC(NC(=NCc2c(F)cccc2OC(F)F)NCC)CC1. The molecule has 0 aliphatic carbocycles. The lowest BCUT2D eigenvalue weighted by atomic mass is 10.0. The van der Waals surface area contributed by atoms with Crippen molar-refractivity contribution in [1.82, 2.24) is 15.5 Å². The molecule has 8 heteroatoms. The lowest BCUT2D eigenvalue weighted by Gasteiger charge is -2.33. The molecule has 0 atom stereocenters. The summed E-state index contributed by atoms with van der Waals surface area (Å²) < 4.78 is 43.6. The van der Waals surface area contributed by atoms with Gasteiger partial charge in [-0.05, 0) is 44.9 Å². The monoisotopic (exact) mass is 400 g/mol. The molecule has 1 aromatic rings. The highest BCUT2D eigenvalue weighted by molar-refractivity contribution is 5.80. The number of ether oxygens (including phenoxy) is 1. The number of nitrogens with one attached hydrogen (secondary N) is 2. The summed E-state index contributed by atoms with van der Waals surface area (Å²) in [5.74, 6) is -0.235. The molecule has 2 rings (SSSR count). The summed E-state index contributed by atoms with van der Waals surface area (Å²) in [6.45, 7) is 4.91. The Bertz CT molecular complexity index is 619. The standard InChI is InChI=1S/C20H31F3N4O/c1-3-5-11-27-12-9-15(10-13-27)26-20(24-4-2)25-14-16-17(21)7-6-8-18(16)28-19(22)23/h6-8,15,19H,3-5,9-14H2,1-2H3,(H2,24,25,26). The number of halogens is 3. The summed E-state index contributed by atoms with van der Waals surface area (Å²) in [7, 11) is 0. The van der Waals surface area contributed by atoms with E-state index in [0.29, 0.717) is 12.5 Å². The second-order valence-electron chi connectivity index (χ2n) is 6.90. The van der Waals surface area contributed by atoms with Gasteiger partial charge in [0.1, 0.15) is 11.6 Å². The second kappa shape index (κ2) is 11.8. The van der Waals surface area contributed by atoms with E-state index < -0.39 is 12.4 Å². The lowest BCUT2D eigenvalue weighted by molar-refractivity contribution is -0.0506. The number of piperidine rings is 1. The minimum absolute atomic E-state index is 0.0226. The molecular formula is C20H31F3N4O. The normalized spacial score (nSPS) is 16.4. The predicted octanol–water partition coefficient (Wildman–Crippen LogP) is 3.75. The molecule has 0 spiro atoms. The average Bonchev–Trinajstić information content (AvgIpc) is 2.66. The van der Waals surface area contributed by atoms with Crippen molar-refractivity contribution < 1.29 is 17.9 Å². The van der Waals surface area contributed by atoms with Gasteiger partial charge in [-0.15, -0.1) is 0 Å². The minimum Gasteiger partial charge on any atom is -0.434 e. The molecule has 0 unspecified atom stereocenters. The zero-order chi connectivity index (χ0) is 20.4. The van der Waals surface area contributed by atoms with Crippen molar-refractivity contribution in [3.63, 3.8) is 0 Å². The van der Waals surface area contributed by atoms with Crippen molar-refractivity contribution in [1.29, 1.82) is 0 Å². The Morgan fingerprint density at radius 2 is 2.04 bits per heavy atom. The Morgan fingerprint density at radius 3 is 2.68 bits per heavy atom. The molecule has 0 amide bonds. The highest BCUT2D eigenvalue weighted by Crippen LogP contribution is 2.24. The summed E-state index contributed by atoms with van der Waals surface area (Å²) in [6.07, 6.45) is 4.43. The Hall–Kier alpha value is -1.96. The van der Waals surface area contributed by atoms with E-state index in [-0.39, 0.29) is 23.9 Å². The van der Waals surface area contributed by atoms with Gasteiger partial charge in [-0.2, -0.15) is 8.78 Å². The van der Waals surface area contributed by atoms with Crippen LogP contribution in [0.5, 0.6) is 5.75 Å². The van der Waals surface area contributed by atoms with Crippen molar-refractivity contribution >= 4 is 5.96 Å². The van der Waals surface area contributed by atoms with Crippen LogP contribution < -0.4 is 15.4 Å². The van der Waals surface area contributed by atoms with E-state index in [2.05, 4.69) is 32.2 Å². The fourth-order valence-corrected chi connectivity index (χ4v) is 3.25. The Morgan fingerprint density at radius 1 is 1.29 bits per heavy atom. The predicted molar refractivity (Wildman–Crippen MR) is 105 cm³/mol. The van der Waals surface area contributed by atoms with Gasteiger partial charge in [0.2, 0.25) is 0 Å². The number of rotatable bonds is 9. The first-order chi connectivity index (χ1) is 13.5. The van der Waals surface area contributed by atoms with E-state index in [1.807, 2.05) is 6.92 Å². The van der Waals surface area contributed by atoms with E-state index >= 15 is 0 Å². The van der Waals surface area contributed by atoms with Gasteiger partial charge in [-0.3, -0.25) is 0 Å². The number of guanidine groups is 1. The van der Waals surface area contributed by atoms with Gasteiger partial charge < -0.3 is 20.3 Å². The number of aliphatic imine (C=N–C) groups is 1. The smallest absolute Gasteiger partial charge is 0.387 e. The molecule has 0 saturated carbocycles. The first-order valence-electron chi connectivity index (χ1n) is 10.0. The third-order valence-electron chi connectivity index (χ3n) is 4.79. The van der Waals surface area contributed by atoms with Crippen LogP contribution in [0.4, 0.5) is 13.2 Å². The molecule has 0 radical (unpaired) electrons. The molecule has 1 heterocycles. The van der Waals surface area contributed by atoms with E-state index in [9.17, 15) is 13.2 Å². The maximum absolute atomic E-state index is 14.1. The zero-order valence-electron chi connectivity index (χ0n) is 16.7. The van der Waals surface area contributed by atoms with Crippen LogP contribution in [0.3, 0.4) is 0 Å². The van der Waals surface area contributed by atoms with Crippen LogP contribution in [0.1, 0.15) is 45.1 Å². The number of alkyl halides is 2. The second-order valence-corrected chi connectivity index (χ2v) is 6.90. The molecular weight excluding hydrogens is 369 g/mol. The fourth-order valence-electron chi connectivity index (χ4n) is 3.25. The maximum Gasteiger partial charge on any atom is 0.387 e. The van der Waals surface area contributed by atoms with Crippen molar-refractivity contribution in [3.8, 4) is 5.75 Å². The molecule has 1 aliphatic heterocycles. The van der Waals surface area contributed by atoms with E-state index in [0.717, 1.165) is 32.5 Å². The molecule has 158 valence electrons. The lowest BCUT2D eigenvalue weighted by Crippen LogP contribution is -2.48. The van der Waals surface area contributed by atoms with Crippen LogP contribution in [0.25, 0.3) is 0 Å². The molecule has 0 aromatic heterocycles. The Balaban J connectivity index is 1.98. The molecule has 1 aromatic carbocycles. The molecule has 28 heavy (non-hydrogen) atoms. The van der Waals surface area contributed by atoms with Crippen LogP contribution in [0.2, 0.25) is 0 Å². The quantitative estimate of drug-likeness (QED) is 0.490. The molecule has 1 fully saturated rings. The summed E-state index contributed by atoms with van der Waals surface area (Å²) in [5.41, 5.74) is 0.0226. The van der Waals surface area contributed by atoms with E-state index in [4.69, 9.17) is 0 Å². The Labute approximate surface area is 165 Å². The van der Waals surface area contributed by atoms with Gasteiger partial charge >= 0.3 is 6.61 Å². The zero-order valence-corrected chi connectivity index (χ0v) is 16.7. The van der Waals surface area contributed by atoms with Gasteiger partial charge in [0.25, 0.3) is 0 Å². The van der Waals surface area contributed by atoms with Crippen molar-refractivity contribution in [3.05, 3.63) is 29.6 Å². The van der Waals surface area contributed by atoms with Gasteiger partial charge in [0, 0.05) is 25.7 Å². The summed E-state index contributed by atoms with van der Waals surface area (Å²) in [6, 6.07) is 4.17. The molecule has 1 saturated heterocycles. The molecule has 1 aliphatic rings. The molecule has 5 nitrogen and oxygen atoms in total. The topological polar surface area (TPSA) is 48.9 Å². The summed E-state index contributed by atoms with van der Waals surface area (Å²) in [4.78, 5) is 6.86. The fraction of sp³-hybridized carbons (Fsp3) is 0.650. The number of hydrogen-bond acceptors (Lipinski definition) is 3. The molecule has 2 N–H and O–H groups in total. The third kappa shape index (κ3) is 7.22. The van der Waals surface area contributed by atoms with Crippen LogP contribution in [0.15, 0.2) is 23.2 Å². The number of likely N-dealkylation sites (tertiary alicyclic amines) is 1. The first kappa shape index (κ1) is 22.3.